The van der Waals surface area contributed by atoms with Crippen LogP contribution < -0.4 is 0 Å². The molecule has 2 heteroatoms. The molecule has 22 heavy (non-hydrogen) atoms. The highest BCUT2D eigenvalue weighted by molar-refractivity contribution is 9.25. The maximum absolute atomic E-state index is 4.10. The Balaban J connectivity index is 1.42. The van der Waals surface area contributed by atoms with Crippen LogP contribution in [0.4, 0.5) is 0 Å². The highest BCUT2D eigenvalue weighted by atomic mass is 79.9. The molecule has 126 valence electrons. The van der Waals surface area contributed by atoms with Gasteiger partial charge in [0.1, 0.15) is 0 Å². The maximum Gasteiger partial charge on any atom is 0.0899 e. The van der Waals surface area contributed by atoms with Crippen molar-refractivity contribution in [2.75, 3.05) is 0 Å². The van der Waals surface area contributed by atoms with E-state index in [1.807, 2.05) is 0 Å². The smallest absolute Gasteiger partial charge is 0.0718 e. The first-order chi connectivity index (χ1) is 10.6. The van der Waals surface area contributed by atoms with Crippen molar-refractivity contribution < 1.29 is 0 Å². The highest BCUT2D eigenvalue weighted by Gasteiger charge is 2.80. The normalized spacial score (nSPS) is 48.3. The third kappa shape index (κ3) is 2.67. The first-order valence-corrected chi connectivity index (χ1v) is 11.6. The summed E-state index contributed by atoms with van der Waals surface area (Å²) in [5, 5.41) is 0. The largest absolute Gasteiger partial charge is 0.0899 e. The Morgan fingerprint density at radius 1 is 0.591 bits per heavy atom. The van der Waals surface area contributed by atoms with Gasteiger partial charge in [0, 0.05) is 5.41 Å². The van der Waals surface area contributed by atoms with Gasteiger partial charge in [-0.2, -0.15) is 0 Å². The maximum atomic E-state index is 4.10. The summed E-state index contributed by atoms with van der Waals surface area (Å²) in [4.78, 5) is 0. The van der Waals surface area contributed by atoms with Crippen LogP contribution in [0.25, 0.3) is 0 Å². The van der Waals surface area contributed by atoms with E-state index in [0.717, 1.165) is 17.3 Å². The van der Waals surface area contributed by atoms with Crippen LogP contribution in [-0.2, 0) is 0 Å². The molecule has 0 heterocycles. The Hall–Kier alpha value is 0.960. The van der Waals surface area contributed by atoms with Crippen molar-refractivity contribution in [1.29, 1.82) is 0 Å². The lowest BCUT2D eigenvalue weighted by molar-refractivity contribution is 0.220. The van der Waals surface area contributed by atoms with Crippen LogP contribution in [0.3, 0.4) is 0 Å². The van der Waals surface area contributed by atoms with Crippen molar-refractivity contribution in [3.63, 3.8) is 0 Å². The summed E-state index contributed by atoms with van der Waals surface area (Å²) in [6.45, 7) is 0. The molecular weight excluding hydrogens is 400 g/mol. The minimum atomic E-state index is 0.307. The number of hydrogen-bond donors (Lipinski definition) is 0. The Bertz CT molecular complexity index is 418. The van der Waals surface area contributed by atoms with Gasteiger partial charge < -0.3 is 0 Å². The first kappa shape index (κ1) is 16.4. The zero-order valence-corrected chi connectivity index (χ0v) is 17.2. The predicted molar refractivity (Wildman–Crippen MR) is 102 cm³/mol. The van der Waals surface area contributed by atoms with Gasteiger partial charge in [-0.1, -0.05) is 96.1 Å². The number of fused-ring (bicyclic) bond motifs is 11. The topological polar surface area (TPSA) is 0 Å². The molecule has 0 unspecified atom stereocenters. The highest BCUT2D eigenvalue weighted by Crippen LogP contribution is 2.86. The molecule has 0 aromatic carbocycles. The second-order valence-electron chi connectivity index (χ2n) is 9.04. The molecule has 5 aliphatic rings. The molecule has 2 bridgehead atoms. The summed E-state index contributed by atoms with van der Waals surface area (Å²) in [6, 6.07) is 0. The van der Waals surface area contributed by atoms with Crippen molar-refractivity contribution in [1.82, 2.24) is 0 Å². The predicted octanol–water partition coefficient (Wildman–Crippen LogP) is 7.58. The Kier molecular flexibility index (Phi) is 4.51. The summed E-state index contributed by atoms with van der Waals surface area (Å²) in [5.41, 5.74) is 1.41. The Morgan fingerprint density at radius 2 is 1.14 bits per heavy atom. The van der Waals surface area contributed by atoms with Crippen LogP contribution in [0.5, 0.6) is 0 Å². The van der Waals surface area contributed by atoms with Crippen molar-refractivity contribution in [2.45, 2.75) is 99.5 Å². The van der Waals surface area contributed by atoms with Crippen LogP contribution in [0.2, 0.25) is 0 Å². The van der Waals surface area contributed by atoms with Crippen molar-refractivity contribution in [3.8, 4) is 0 Å². The molecule has 5 aliphatic carbocycles. The monoisotopic (exact) mass is 430 g/mol. The van der Waals surface area contributed by atoms with Gasteiger partial charge in [0.2, 0.25) is 0 Å². The first-order valence-electron chi connectivity index (χ1n) is 9.99. The third-order valence-corrected chi connectivity index (χ3v) is 10.5. The van der Waals surface area contributed by atoms with Crippen molar-refractivity contribution >= 4 is 31.9 Å². The van der Waals surface area contributed by atoms with Crippen LogP contribution in [-0.4, -0.2) is 3.23 Å². The van der Waals surface area contributed by atoms with Gasteiger partial charge in [0.25, 0.3) is 0 Å². The molecule has 5 rings (SSSR count). The quantitative estimate of drug-likeness (QED) is 0.346. The molecule has 4 atom stereocenters. The molecule has 0 N–H and O–H groups in total. The fraction of sp³-hybridized carbons (Fsp3) is 1.00. The number of halogens is 2. The SMILES string of the molecule is BrC1(Br)[C@@H]2C[C@@]34CCCCCCCCCCCC[C@]21C[C@@H]3C4. The minimum Gasteiger partial charge on any atom is -0.0718 e. The number of rotatable bonds is 0. The molecule has 5 saturated carbocycles. The molecule has 0 saturated heterocycles. The molecule has 0 radical (unpaired) electrons. The van der Waals surface area contributed by atoms with Gasteiger partial charge in [-0.3, -0.25) is 0 Å². The van der Waals surface area contributed by atoms with Gasteiger partial charge in [-0.25, -0.2) is 0 Å². The average molecular weight is 432 g/mol. The van der Waals surface area contributed by atoms with E-state index >= 15 is 0 Å². The fourth-order valence-electron chi connectivity index (χ4n) is 6.19. The van der Waals surface area contributed by atoms with Crippen molar-refractivity contribution in [3.05, 3.63) is 0 Å². The summed E-state index contributed by atoms with van der Waals surface area (Å²) in [6.07, 6.45) is 22.5. The van der Waals surface area contributed by atoms with E-state index in [1.165, 1.54) is 83.5 Å². The standard InChI is InChI=1S/C20H32Br2/c21-20(22)17-15-18-11-9-7-5-3-1-2-4-6-8-10-12-19(17,20)14-16(18)13-18/h16-17H,1-15H2/t16-,17+,18-,19-/m0/s1. The van der Waals surface area contributed by atoms with Crippen LogP contribution >= 0.6 is 31.9 Å². The van der Waals surface area contributed by atoms with E-state index in [-0.39, 0.29) is 0 Å². The van der Waals surface area contributed by atoms with E-state index in [0.29, 0.717) is 8.65 Å². The van der Waals surface area contributed by atoms with Gasteiger partial charge in [0.15, 0.2) is 0 Å². The summed E-state index contributed by atoms with van der Waals surface area (Å²) in [7, 11) is 0. The lowest BCUT2D eigenvalue weighted by atomic mass is 9.77. The average Bonchev–Trinajstić information content (AvgIpc) is 3.30. The summed E-state index contributed by atoms with van der Waals surface area (Å²) >= 11 is 8.20. The zero-order chi connectivity index (χ0) is 15.3. The molecule has 0 aromatic heterocycles. The Morgan fingerprint density at radius 3 is 1.77 bits per heavy atom. The molecule has 2 spiro atoms. The number of hydrogen-bond acceptors (Lipinski definition) is 0. The molecule has 5 fully saturated rings. The van der Waals surface area contributed by atoms with Gasteiger partial charge in [-0.05, 0) is 49.4 Å². The van der Waals surface area contributed by atoms with Crippen LogP contribution in [0, 0.1) is 22.7 Å². The number of alkyl halides is 2. The van der Waals surface area contributed by atoms with Gasteiger partial charge in [-0.15, -0.1) is 0 Å². The molecule has 0 aromatic rings. The second-order valence-corrected chi connectivity index (χ2v) is 12.6. The minimum absolute atomic E-state index is 0.307. The second kappa shape index (κ2) is 6.04. The van der Waals surface area contributed by atoms with E-state index in [1.54, 1.807) is 12.8 Å². The van der Waals surface area contributed by atoms with E-state index in [4.69, 9.17) is 0 Å². The lowest BCUT2D eigenvalue weighted by Crippen LogP contribution is -2.19. The van der Waals surface area contributed by atoms with E-state index < -0.39 is 0 Å². The molecule has 0 aliphatic heterocycles. The van der Waals surface area contributed by atoms with Crippen LogP contribution in [0.15, 0.2) is 0 Å². The summed E-state index contributed by atoms with van der Waals surface area (Å²) in [5.74, 6) is 2.00. The fourth-order valence-corrected chi connectivity index (χ4v) is 8.44. The lowest BCUT2D eigenvalue weighted by Gasteiger charge is -2.28. The van der Waals surface area contributed by atoms with Crippen LogP contribution in [0.1, 0.15) is 96.3 Å². The third-order valence-electron chi connectivity index (χ3n) is 7.81. The zero-order valence-electron chi connectivity index (χ0n) is 14.0. The van der Waals surface area contributed by atoms with Gasteiger partial charge >= 0.3 is 0 Å². The van der Waals surface area contributed by atoms with E-state index in [2.05, 4.69) is 31.9 Å². The molecule has 0 amide bonds. The van der Waals surface area contributed by atoms with Gasteiger partial charge in [0.05, 0.1) is 3.23 Å². The Labute approximate surface area is 153 Å². The van der Waals surface area contributed by atoms with Crippen molar-refractivity contribution in [2.24, 2.45) is 22.7 Å². The van der Waals surface area contributed by atoms with E-state index in [9.17, 15) is 0 Å². The molecular formula is C20H32Br2. The molecule has 0 nitrogen and oxygen atoms in total. The summed E-state index contributed by atoms with van der Waals surface area (Å²) < 4.78 is 0.307.